The molecule has 1 fully saturated rings. The van der Waals surface area contributed by atoms with E-state index in [9.17, 15) is 4.39 Å². The number of nitrogens with zero attached hydrogens (tertiary/aromatic N) is 1. The Bertz CT molecular complexity index is 312. The average molecular weight is 246 g/mol. The summed E-state index contributed by atoms with van der Waals surface area (Å²) in [7, 11) is 0. The van der Waals surface area contributed by atoms with Gasteiger partial charge in [-0.15, -0.1) is 0 Å². The van der Waals surface area contributed by atoms with E-state index < -0.39 is 0 Å². The first-order valence-corrected chi connectivity index (χ1v) is 4.95. The summed E-state index contributed by atoms with van der Waals surface area (Å²) in [6, 6.07) is 1.73. The maximum absolute atomic E-state index is 12.8. The molecule has 0 amide bonds. The quantitative estimate of drug-likeness (QED) is 0.759. The molecule has 1 unspecified atom stereocenters. The van der Waals surface area contributed by atoms with Crippen molar-refractivity contribution in [3.05, 3.63) is 28.2 Å². The van der Waals surface area contributed by atoms with E-state index in [1.807, 2.05) is 0 Å². The van der Waals surface area contributed by atoms with Crippen LogP contribution in [0.3, 0.4) is 0 Å². The highest BCUT2D eigenvalue weighted by atomic mass is 79.9. The van der Waals surface area contributed by atoms with Gasteiger partial charge in [-0.2, -0.15) is 0 Å². The number of hydrogen-bond donors (Lipinski definition) is 0. The van der Waals surface area contributed by atoms with Crippen LogP contribution in [-0.2, 0) is 4.74 Å². The van der Waals surface area contributed by atoms with Crippen LogP contribution >= 0.6 is 15.9 Å². The molecule has 1 aliphatic rings. The van der Waals surface area contributed by atoms with E-state index in [0.717, 1.165) is 18.7 Å². The fourth-order valence-corrected chi connectivity index (χ4v) is 1.76. The van der Waals surface area contributed by atoms with Crippen molar-refractivity contribution < 1.29 is 9.13 Å². The summed E-state index contributed by atoms with van der Waals surface area (Å²) >= 11 is 3.14. The molecule has 0 aliphatic carbocycles. The molecule has 2 nitrogen and oxygen atoms in total. The summed E-state index contributed by atoms with van der Waals surface area (Å²) in [4.78, 5) is 4.04. The van der Waals surface area contributed by atoms with Crippen molar-refractivity contribution in [3.8, 4) is 0 Å². The second kappa shape index (κ2) is 3.72. The van der Waals surface area contributed by atoms with Crippen LogP contribution in [0.2, 0.25) is 0 Å². The van der Waals surface area contributed by atoms with E-state index in [-0.39, 0.29) is 5.82 Å². The maximum atomic E-state index is 12.8. The lowest BCUT2D eigenvalue weighted by atomic mass is 10.0. The largest absolute Gasteiger partial charge is 0.381 e. The third kappa shape index (κ3) is 1.89. The van der Waals surface area contributed by atoms with Gasteiger partial charge in [0.15, 0.2) is 5.82 Å². The highest BCUT2D eigenvalue weighted by Gasteiger charge is 2.19. The molecule has 0 bridgehead atoms. The number of halogens is 2. The van der Waals surface area contributed by atoms with Gasteiger partial charge in [0, 0.05) is 18.2 Å². The Morgan fingerprint density at radius 2 is 2.46 bits per heavy atom. The summed E-state index contributed by atoms with van der Waals surface area (Å²) in [6.45, 7) is 1.48. The summed E-state index contributed by atoms with van der Waals surface area (Å²) in [5, 5.41) is 0. The fraction of sp³-hybridized carbons (Fsp3) is 0.444. The first-order chi connectivity index (χ1) is 6.27. The Hall–Kier alpha value is -0.480. The second-order valence-corrected chi connectivity index (χ2v) is 3.94. The van der Waals surface area contributed by atoms with Crippen molar-refractivity contribution in [1.29, 1.82) is 0 Å². The monoisotopic (exact) mass is 245 g/mol. The van der Waals surface area contributed by atoms with Gasteiger partial charge in [-0.3, -0.25) is 4.98 Å². The van der Waals surface area contributed by atoms with Crippen LogP contribution in [0.1, 0.15) is 18.0 Å². The molecule has 0 radical (unpaired) electrons. The molecule has 2 heterocycles. The molecule has 1 aliphatic heterocycles. The molecule has 1 aromatic heterocycles. The molecule has 0 aromatic carbocycles. The van der Waals surface area contributed by atoms with E-state index >= 15 is 0 Å². The van der Waals surface area contributed by atoms with Crippen LogP contribution in [0, 0.1) is 5.82 Å². The third-order valence-corrected chi connectivity index (χ3v) is 2.79. The molecule has 4 heteroatoms. The Morgan fingerprint density at radius 3 is 3.08 bits per heavy atom. The Labute approximate surface area is 84.3 Å². The number of pyridine rings is 1. The van der Waals surface area contributed by atoms with E-state index in [0.29, 0.717) is 17.0 Å². The molecular formula is C9H9BrFNO. The van der Waals surface area contributed by atoms with Gasteiger partial charge in [-0.1, -0.05) is 0 Å². The van der Waals surface area contributed by atoms with Crippen molar-refractivity contribution >= 4 is 15.9 Å². The van der Waals surface area contributed by atoms with Crippen molar-refractivity contribution in [2.24, 2.45) is 0 Å². The number of hydrogen-bond acceptors (Lipinski definition) is 2. The SMILES string of the molecule is Fc1cnc(C2CCOC2)cc1Br. The van der Waals surface area contributed by atoms with Crippen LogP contribution in [-0.4, -0.2) is 18.2 Å². The van der Waals surface area contributed by atoms with Gasteiger partial charge < -0.3 is 4.74 Å². The van der Waals surface area contributed by atoms with E-state index in [2.05, 4.69) is 20.9 Å². The van der Waals surface area contributed by atoms with Crippen LogP contribution in [0.5, 0.6) is 0 Å². The topological polar surface area (TPSA) is 22.1 Å². The van der Waals surface area contributed by atoms with Crippen molar-refractivity contribution in [3.63, 3.8) is 0 Å². The van der Waals surface area contributed by atoms with Gasteiger partial charge in [0.25, 0.3) is 0 Å². The molecule has 1 saturated heterocycles. The molecular weight excluding hydrogens is 237 g/mol. The van der Waals surface area contributed by atoms with E-state index in [1.165, 1.54) is 6.20 Å². The summed E-state index contributed by atoms with van der Waals surface area (Å²) in [5.41, 5.74) is 0.908. The Morgan fingerprint density at radius 1 is 1.62 bits per heavy atom. The molecule has 1 atom stereocenters. The Kier molecular flexibility index (Phi) is 2.60. The maximum Gasteiger partial charge on any atom is 0.155 e. The van der Waals surface area contributed by atoms with Gasteiger partial charge in [0.2, 0.25) is 0 Å². The highest BCUT2D eigenvalue weighted by Crippen LogP contribution is 2.26. The van der Waals surface area contributed by atoms with E-state index in [4.69, 9.17) is 4.74 Å². The van der Waals surface area contributed by atoms with Crippen LogP contribution in [0.25, 0.3) is 0 Å². The Balaban J connectivity index is 2.25. The predicted molar refractivity (Wildman–Crippen MR) is 50.1 cm³/mol. The van der Waals surface area contributed by atoms with Crippen molar-refractivity contribution in [2.75, 3.05) is 13.2 Å². The second-order valence-electron chi connectivity index (χ2n) is 3.08. The minimum atomic E-state index is -0.317. The summed E-state index contributed by atoms with van der Waals surface area (Å²) in [5.74, 6) is 0.0135. The first kappa shape index (κ1) is 9.09. The van der Waals surface area contributed by atoms with Gasteiger partial charge in [0.1, 0.15) is 0 Å². The van der Waals surface area contributed by atoms with Crippen molar-refractivity contribution in [2.45, 2.75) is 12.3 Å². The summed E-state index contributed by atoms with van der Waals surface area (Å²) in [6.07, 6.45) is 2.23. The van der Waals surface area contributed by atoms with Crippen LogP contribution in [0.4, 0.5) is 4.39 Å². The lowest BCUT2D eigenvalue weighted by Gasteiger charge is -2.06. The lowest BCUT2D eigenvalue weighted by Crippen LogP contribution is -2.01. The molecule has 13 heavy (non-hydrogen) atoms. The molecule has 70 valence electrons. The van der Waals surface area contributed by atoms with Gasteiger partial charge in [0.05, 0.1) is 17.3 Å². The smallest absolute Gasteiger partial charge is 0.155 e. The van der Waals surface area contributed by atoms with Gasteiger partial charge in [-0.25, -0.2) is 4.39 Å². The number of aromatic nitrogens is 1. The molecule has 0 N–H and O–H groups in total. The zero-order valence-corrected chi connectivity index (χ0v) is 8.55. The lowest BCUT2D eigenvalue weighted by molar-refractivity contribution is 0.193. The highest BCUT2D eigenvalue weighted by molar-refractivity contribution is 9.10. The standard InChI is InChI=1S/C9H9BrFNO/c10-7-3-9(12-4-8(7)11)6-1-2-13-5-6/h3-4,6H,1-2,5H2. The molecule has 0 saturated carbocycles. The minimum Gasteiger partial charge on any atom is -0.381 e. The van der Waals surface area contributed by atoms with Crippen molar-refractivity contribution in [1.82, 2.24) is 4.98 Å². The summed E-state index contributed by atoms with van der Waals surface area (Å²) < 4.78 is 18.6. The van der Waals surface area contributed by atoms with Gasteiger partial charge >= 0.3 is 0 Å². The van der Waals surface area contributed by atoms with Crippen LogP contribution in [0.15, 0.2) is 16.7 Å². The number of ether oxygens (including phenoxy) is 1. The number of rotatable bonds is 1. The average Bonchev–Trinajstić information content (AvgIpc) is 2.62. The third-order valence-electron chi connectivity index (χ3n) is 2.18. The van der Waals surface area contributed by atoms with Crippen LogP contribution < -0.4 is 0 Å². The zero-order chi connectivity index (χ0) is 9.26. The van der Waals surface area contributed by atoms with E-state index in [1.54, 1.807) is 6.07 Å². The zero-order valence-electron chi connectivity index (χ0n) is 6.96. The molecule has 1 aromatic rings. The molecule has 2 rings (SSSR count). The minimum absolute atomic E-state index is 0.317. The van der Waals surface area contributed by atoms with Gasteiger partial charge in [-0.05, 0) is 28.4 Å². The predicted octanol–water partition coefficient (Wildman–Crippen LogP) is 2.49. The fourth-order valence-electron chi connectivity index (χ4n) is 1.42. The normalized spacial score (nSPS) is 22.2. The first-order valence-electron chi connectivity index (χ1n) is 4.16. The molecule has 0 spiro atoms.